The van der Waals surface area contributed by atoms with Crippen LogP contribution in [0.4, 0.5) is 13.9 Å². The molecule has 188 valence electrons. The SMILES string of the molecule is O=C(c1ccc(S(=O)(=O)N2CCCCCC2)cc1)N(Cc1ccco1)c1nc2c(F)cc(F)cc2s1. The van der Waals surface area contributed by atoms with Crippen LogP contribution in [0, 0.1) is 11.6 Å². The van der Waals surface area contributed by atoms with Gasteiger partial charge in [-0.2, -0.15) is 4.31 Å². The van der Waals surface area contributed by atoms with E-state index in [1.165, 1.54) is 39.7 Å². The Morgan fingerprint density at radius 2 is 1.78 bits per heavy atom. The fourth-order valence-corrected chi connectivity index (χ4v) is 6.72. The molecule has 0 saturated carbocycles. The Balaban J connectivity index is 1.46. The molecule has 1 saturated heterocycles. The van der Waals surface area contributed by atoms with Gasteiger partial charge in [-0.15, -0.1) is 0 Å². The number of sulfonamides is 1. The number of carbonyl (C=O) groups excluding carboxylic acids is 1. The minimum absolute atomic E-state index is 0.00356. The molecule has 3 heterocycles. The molecule has 4 aromatic rings. The Hall–Kier alpha value is -3.15. The van der Waals surface area contributed by atoms with Crippen LogP contribution in [0.5, 0.6) is 0 Å². The van der Waals surface area contributed by atoms with E-state index in [9.17, 15) is 22.0 Å². The smallest absolute Gasteiger partial charge is 0.260 e. The largest absolute Gasteiger partial charge is 0.467 e. The van der Waals surface area contributed by atoms with E-state index in [0.717, 1.165) is 49.2 Å². The molecule has 1 fully saturated rings. The van der Waals surface area contributed by atoms with Gasteiger partial charge in [-0.25, -0.2) is 22.2 Å². The van der Waals surface area contributed by atoms with Crippen LogP contribution in [0.2, 0.25) is 0 Å². The summed E-state index contributed by atoms with van der Waals surface area (Å²) in [6.07, 6.45) is 5.13. The van der Waals surface area contributed by atoms with Crippen LogP contribution < -0.4 is 4.90 Å². The summed E-state index contributed by atoms with van der Waals surface area (Å²) in [6, 6.07) is 11.0. The standard InChI is InChI=1S/C25H23F2N3O4S2/c26-18-14-21(27)23-22(15-18)35-25(28-23)30(16-19-6-5-13-34-19)24(31)17-7-9-20(10-8-17)36(32,33)29-11-3-1-2-4-12-29/h5-10,13-15H,1-4,11-12,16H2. The van der Waals surface area contributed by atoms with Gasteiger partial charge in [0.05, 0.1) is 22.4 Å². The number of aromatic nitrogens is 1. The van der Waals surface area contributed by atoms with E-state index < -0.39 is 27.6 Å². The molecule has 0 aliphatic carbocycles. The van der Waals surface area contributed by atoms with Gasteiger partial charge in [-0.05, 0) is 55.3 Å². The van der Waals surface area contributed by atoms with Crippen LogP contribution >= 0.6 is 11.3 Å². The number of benzene rings is 2. The second kappa shape index (κ2) is 10.1. The molecule has 0 unspecified atom stereocenters. The van der Waals surface area contributed by atoms with Gasteiger partial charge < -0.3 is 4.42 Å². The van der Waals surface area contributed by atoms with Gasteiger partial charge >= 0.3 is 0 Å². The molecule has 11 heteroatoms. The zero-order valence-electron chi connectivity index (χ0n) is 19.2. The van der Waals surface area contributed by atoms with E-state index >= 15 is 0 Å². The lowest BCUT2D eigenvalue weighted by atomic mass is 10.2. The number of anilines is 1. The first kappa shape index (κ1) is 24.5. The normalized spacial score (nSPS) is 15.2. The molecule has 1 aliphatic heterocycles. The molecule has 0 atom stereocenters. The van der Waals surface area contributed by atoms with Crippen LogP contribution in [-0.4, -0.2) is 36.7 Å². The number of thiazole rings is 1. The fourth-order valence-electron chi connectivity index (χ4n) is 4.20. The monoisotopic (exact) mass is 531 g/mol. The van der Waals surface area contributed by atoms with Gasteiger partial charge in [0.25, 0.3) is 5.91 Å². The Bertz CT molecular complexity index is 1480. The minimum Gasteiger partial charge on any atom is -0.467 e. The number of hydrogen-bond donors (Lipinski definition) is 0. The van der Waals surface area contributed by atoms with Crippen LogP contribution in [-0.2, 0) is 16.6 Å². The molecule has 1 amide bonds. The number of hydrogen-bond acceptors (Lipinski definition) is 6. The van der Waals surface area contributed by atoms with Gasteiger partial charge in [-0.3, -0.25) is 9.69 Å². The molecule has 0 N–H and O–H groups in total. The van der Waals surface area contributed by atoms with Crippen molar-refractivity contribution in [2.75, 3.05) is 18.0 Å². The first-order valence-corrected chi connectivity index (χ1v) is 13.8. The zero-order valence-corrected chi connectivity index (χ0v) is 20.8. The molecule has 5 rings (SSSR count). The average molecular weight is 532 g/mol. The van der Waals surface area contributed by atoms with E-state index in [-0.39, 0.29) is 32.4 Å². The summed E-state index contributed by atoms with van der Waals surface area (Å²) in [7, 11) is -3.66. The van der Waals surface area contributed by atoms with Crippen LogP contribution in [0.25, 0.3) is 10.2 Å². The summed E-state index contributed by atoms with van der Waals surface area (Å²) in [6.45, 7) is 0.965. The highest BCUT2D eigenvalue weighted by atomic mass is 32.2. The highest BCUT2D eigenvalue weighted by Crippen LogP contribution is 2.33. The van der Waals surface area contributed by atoms with Crippen molar-refractivity contribution in [1.82, 2.24) is 9.29 Å². The predicted molar refractivity (Wildman–Crippen MR) is 132 cm³/mol. The molecule has 2 aromatic heterocycles. The van der Waals surface area contributed by atoms with Crippen molar-refractivity contribution in [3.8, 4) is 0 Å². The molecular formula is C25H23F2N3O4S2. The number of fused-ring (bicyclic) bond motifs is 1. The van der Waals surface area contributed by atoms with E-state index in [4.69, 9.17) is 4.42 Å². The van der Waals surface area contributed by atoms with Gasteiger partial charge in [0.2, 0.25) is 10.0 Å². The maximum absolute atomic E-state index is 14.3. The highest BCUT2D eigenvalue weighted by Gasteiger charge is 2.27. The zero-order chi connectivity index (χ0) is 25.3. The molecule has 0 spiro atoms. The number of nitrogens with zero attached hydrogens (tertiary/aromatic N) is 3. The van der Waals surface area contributed by atoms with E-state index in [1.54, 1.807) is 12.1 Å². The van der Waals surface area contributed by atoms with E-state index in [0.29, 0.717) is 18.8 Å². The lowest BCUT2D eigenvalue weighted by Gasteiger charge is -2.21. The van der Waals surface area contributed by atoms with Crippen molar-refractivity contribution in [3.05, 3.63) is 77.8 Å². The topological polar surface area (TPSA) is 83.7 Å². The number of amides is 1. The summed E-state index contributed by atoms with van der Waals surface area (Å²) >= 11 is 0.976. The van der Waals surface area contributed by atoms with Crippen LogP contribution in [0.3, 0.4) is 0 Å². The molecule has 7 nitrogen and oxygen atoms in total. The number of halogens is 2. The van der Waals surface area contributed by atoms with Crippen molar-refractivity contribution >= 4 is 42.6 Å². The third kappa shape index (κ3) is 4.91. The fraction of sp³-hybridized carbons (Fsp3) is 0.280. The Morgan fingerprint density at radius 3 is 2.44 bits per heavy atom. The Labute approximate surface area is 211 Å². The molecule has 1 aliphatic rings. The van der Waals surface area contributed by atoms with E-state index in [1.807, 2.05) is 0 Å². The summed E-state index contributed by atoms with van der Waals surface area (Å²) in [5, 5.41) is 0.164. The lowest BCUT2D eigenvalue weighted by Crippen LogP contribution is -2.32. The quantitative estimate of drug-likeness (QED) is 0.324. The van der Waals surface area contributed by atoms with Crippen molar-refractivity contribution in [2.24, 2.45) is 0 Å². The highest BCUT2D eigenvalue weighted by molar-refractivity contribution is 7.89. The van der Waals surface area contributed by atoms with Crippen molar-refractivity contribution in [2.45, 2.75) is 37.1 Å². The van der Waals surface area contributed by atoms with Gasteiger partial charge in [0, 0.05) is 24.7 Å². The van der Waals surface area contributed by atoms with Crippen molar-refractivity contribution < 1.29 is 26.4 Å². The second-order valence-electron chi connectivity index (χ2n) is 8.54. The third-order valence-electron chi connectivity index (χ3n) is 6.08. The summed E-state index contributed by atoms with van der Waals surface area (Å²) in [4.78, 5) is 19.2. The number of rotatable bonds is 6. The van der Waals surface area contributed by atoms with Gasteiger partial charge in [0.1, 0.15) is 17.1 Å². The molecule has 0 bridgehead atoms. The maximum Gasteiger partial charge on any atom is 0.260 e. The first-order valence-electron chi connectivity index (χ1n) is 11.5. The third-order valence-corrected chi connectivity index (χ3v) is 9.01. The van der Waals surface area contributed by atoms with Gasteiger partial charge in [0.15, 0.2) is 10.9 Å². The summed E-state index contributed by atoms with van der Waals surface area (Å²) in [5.74, 6) is -1.57. The second-order valence-corrected chi connectivity index (χ2v) is 11.5. The maximum atomic E-state index is 14.3. The Morgan fingerprint density at radius 1 is 1.06 bits per heavy atom. The minimum atomic E-state index is -3.66. The molecule has 2 aromatic carbocycles. The number of furan rings is 1. The predicted octanol–water partition coefficient (Wildman–Crippen LogP) is 5.58. The van der Waals surface area contributed by atoms with Crippen LogP contribution in [0.15, 0.2) is 64.1 Å². The van der Waals surface area contributed by atoms with Crippen molar-refractivity contribution in [3.63, 3.8) is 0 Å². The lowest BCUT2D eigenvalue weighted by molar-refractivity contribution is 0.0983. The average Bonchev–Trinajstić information content (AvgIpc) is 3.44. The molecule has 36 heavy (non-hydrogen) atoms. The summed E-state index contributed by atoms with van der Waals surface area (Å²) < 4.78 is 61.3. The number of carbonyl (C=O) groups is 1. The molecular weight excluding hydrogens is 508 g/mol. The molecule has 0 radical (unpaired) electrons. The first-order chi connectivity index (χ1) is 17.3. The Kier molecular flexibility index (Phi) is 6.87. The van der Waals surface area contributed by atoms with Crippen LogP contribution in [0.1, 0.15) is 41.8 Å². The van der Waals surface area contributed by atoms with Gasteiger partial charge in [-0.1, -0.05) is 24.2 Å². The van der Waals surface area contributed by atoms with E-state index in [2.05, 4.69) is 4.98 Å². The van der Waals surface area contributed by atoms with Crippen molar-refractivity contribution in [1.29, 1.82) is 0 Å². The summed E-state index contributed by atoms with van der Waals surface area (Å²) in [5.41, 5.74) is 0.190.